The summed E-state index contributed by atoms with van der Waals surface area (Å²) in [4.78, 5) is 14.9. The van der Waals surface area contributed by atoms with Crippen LogP contribution in [0.15, 0.2) is 42.6 Å². The van der Waals surface area contributed by atoms with Gasteiger partial charge in [0.05, 0.1) is 6.61 Å². The van der Waals surface area contributed by atoms with Crippen molar-refractivity contribution in [1.29, 1.82) is 0 Å². The minimum Gasteiger partial charge on any atom is -0.383 e. The molecule has 2 heterocycles. The van der Waals surface area contributed by atoms with E-state index < -0.39 is 0 Å². The number of aromatic nitrogens is 1. The number of hydrogen-bond donors (Lipinski definition) is 1. The molecule has 0 atom stereocenters. The van der Waals surface area contributed by atoms with Gasteiger partial charge in [0.2, 0.25) is 0 Å². The molecular weight excluding hydrogens is 350 g/mol. The van der Waals surface area contributed by atoms with E-state index in [4.69, 9.17) is 4.74 Å². The normalized spacial score (nSPS) is 13.6. The molecule has 1 aliphatic heterocycles. The van der Waals surface area contributed by atoms with Crippen molar-refractivity contribution in [2.75, 3.05) is 25.6 Å². The largest absolute Gasteiger partial charge is 0.383 e. The molecule has 3 aromatic rings. The van der Waals surface area contributed by atoms with Gasteiger partial charge in [-0.15, -0.1) is 0 Å². The lowest BCUT2D eigenvalue weighted by Crippen LogP contribution is -2.35. The first kappa shape index (κ1) is 18.6. The van der Waals surface area contributed by atoms with Crippen molar-refractivity contribution in [2.45, 2.75) is 33.4 Å². The van der Waals surface area contributed by atoms with Crippen LogP contribution in [0.1, 0.15) is 22.3 Å². The molecule has 0 saturated heterocycles. The molecule has 0 aliphatic carbocycles. The zero-order chi connectivity index (χ0) is 19.7. The fraction of sp³-hybridized carbons (Fsp3) is 0.348. The van der Waals surface area contributed by atoms with E-state index in [1.54, 1.807) is 7.11 Å². The molecule has 28 heavy (non-hydrogen) atoms. The van der Waals surface area contributed by atoms with Gasteiger partial charge in [-0.05, 0) is 54.7 Å². The van der Waals surface area contributed by atoms with Crippen LogP contribution in [-0.4, -0.2) is 35.8 Å². The lowest BCUT2D eigenvalue weighted by atomic mass is 10.1. The van der Waals surface area contributed by atoms with E-state index in [-0.39, 0.29) is 6.03 Å². The molecule has 0 fully saturated rings. The lowest BCUT2D eigenvalue weighted by molar-refractivity contribution is 0.188. The zero-order valence-electron chi connectivity index (χ0n) is 16.8. The SMILES string of the molecule is COCCn1cc2c3c(cccc31)CN(C(=O)Nc1cccc(C)c1C)CC2. The topological polar surface area (TPSA) is 46.5 Å². The zero-order valence-corrected chi connectivity index (χ0v) is 16.8. The first-order chi connectivity index (χ1) is 13.6. The molecule has 2 aromatic carbocycles. The average molecular weight is 377 g/mol. The average Bonchev–Trinajstić information content (AvgIpc) is 2.93. The molecule has 1 aromatic heterocycles. The maximum atomic E-state index is 13.0. The molecule has 1 N–H and O–H groups in total. The van der Waals surface area contributed by atoms with Crippen molar-refractivity contribution in [1.82, 2.24) is 9.47 Å². The van der Waals surface area contributed by atoms with Crippen LogP contribution in [0.25, 0.3) is 10.9 Å². The molecule has 0 bridgehead atoms. The van der Waals surface area contributed by atoms with Gasteiger partial charge in [0.1, 0.15) is 0 Å². The van der Waals surface area contributed by atoms with Gasteiger partial charge in [-0.2, -0.15) is 0 Å². The van der Waals surface area contributed by atoms with Gasteiger partial charge in [0, 0.05) is 49.5 Å². The quantitative estimate of drug-likeness (QED) is 0.728. The Hall–Kier alpha value is -2.79. The van der Waals surface area contributed by atoms with Crippen LogP contribution in [0.4, 0.5) is 10.5 Å². The summed E-state index contributed by atoms with van der Waals surface area (Å²) in [5.74, 6) is 0. The van der Waals surface area contributed by atoms with Crippen LogP contribution in [-0.2, 0) is 24.2 Å². The summed E-state index contributed by atoms with van der Waals surface area (Å²) >= 11 is 0. The second kappa shape index (κ2) is 7.68. The minimum absolute atomic E-state index is 0.0388. The predicted octanol–water partition coefficient (Wildman–Crippen LogP) is 4.49. The highest BCUT2D eigenvalue weighted by Gasteiger charge is 2.22. The Morgan fingerprint density at radius 3 is 2.79 bits per heavy atom. The number of amides is 2. The number of nitrogens with one attached hydrogen (secondary N) is 1. The fourth-order valence-electron chi connectivity index (χ4n) is 4.01. The summed E-state index contributed by atoms with van der Waals surface area (Å²) in [7, 11) is 1.73. The van der Waals surface area contributed by atoms with Gasteiger partial charge in [-0.3, -0.25) is 0 Å². The Kier molecular flexibility index (Phi) is 5.09. The molecule has 4 rings (SSSR count). The number of carbonyl (C=O) groups excluding carboxylic acids is 1. The van der Waals surface area contributed by atoms with Crippen LogP contribution < -0.4 is 5.32 Å². The summed E-state index contributed by atoms with van der Waals surface area (Å²) in [6, 6.07) is 12.3. The number of urea groups is 1. The Bertz CT molecular complexity index is 1020. The molecule has 2 amide bonds. The number of nitrogens with zero attached hydrogens (tertiary/aromatic N) is 2. The van der Waals surface area contributed by atoms with Gasteiger partial charge >= 0.3 is 6.03 Å². The Morgan fingerprint density at radius 1 is 1.14 bits per heavy atom. The van der Waals surface area contributed by atoms with E-state index in [9.17, 15) is 4.79 Å². The molecule has 0 spiro atoms. The Balaban J connectivity index is 1.59. The summed E-state index contributed by atoms with van der Waals surface area (Å²) in [5, 5.41) is 4.40. The van der Waals surface area contributed by atoms with Crippen molar-refractivity contribution in [3.63, 3.8) is 0 Å². The second-order valence-electron chi connectivity index (χ2n) is 7.50. The molecular formula is C23H27N3O2. The van der Waals surface area contributed by atoms with Gasteiger partial charge in [-0.25, -0.2) is 4.79 Å². The standard InChI is InChI=1S/C23H27N3O2/c1-16-6-4-8-20(17(16)2)24-23(27)26-11-10-19-14-25(12-13-28-3)21-9-5-7-18(15-26)22(19)21/h4-9,14H,10-13,15H2,1-3H3,(H,24,27). The van der Waals surface area contributed by atoms with Gasteiger partial charge < -0.3 is 19.5 Å². The first-order valence-corrected chi connectivity index (χ1v) is 9.79. The Morgan fingerprint density at radius 2 is 1.96 bits per heavy atom. The molecule has 0 radical (unpaired) electrons. The summed E-state index contributed by atoms with van der Waals surface area (Å²) < 4.78 is 7.52. The van der Waals surface area contributed by atoms with E-state index in [0.717, 1.165) is 24.2 Å². The highest BCUT2D eigenvalue weighted by Crippen LogP contribution is 2.30. The number of carbonyl (C=O) groups is 1. The van der Waals surface area contributed by atoms with Crippen LogP contribution >= 0.6 is 0 Å². The van der Waals surface area contributed by atoms with Crippen molar-refractivity contribution >= 4 is 22.6 Å². The van der Waals surface area contributed by atoms with Crippen molar-refractivity contribution < 1.29 is 9.53 Å². The minimum atomic E-state index is -0.0388. The number of rotatable bonds is 4. The third kappa shape index (κ3) is 3.38. The van der Waals surface area contributed by atoms with Gasteiger partial charge in [0.15, 0.2) is 0 Å². The molecule has 146 valence electrons. The fourth-order valence-corrected chi connectivity index (χ4v) is 4.01. The maximum absolute atomic E-state index is 13.0. The van der Waals surface area contributed by atoms with E-state index in [2.05, 4.69) is 47.3 Å². The predicted molar refractivity (Wildman–Crippen MR) is 113 cm³/mol. The van der Waals surface area contributed by atoms with Crippen molar-refractivity contribution in [2.24, 2.45) is 0 Å². The molecule has 0 unspecified atom stereocenters. The van der Waals surface area contributed by atoms with Crippen molar-refractivity contribution in [3.05, 3.63) is 64.8 Å². The number of methoxy groups -OCH3 is 1. The lowest BCUT2D eigenvalue weighted by Gasteiger charge is -2.22. The van der Waals surface area contributed by atoms with Gasteiger partial charge in [-0.1, -0.05) is 24.3 Å². The van der Waals surface area contributed by atoms with E-state index >= 15 is 0 Å². The Labute approximate surface area is 165 Å². The van der Waals surface area contributed by atoms with Crippen LogP contribution in [0.5, 0.6) is 0 Å². The molecule has 5 nitrogen and oxygen atoms in total. The summed E-state index contributed by atoms with van der Waals surface area (Å²) in [5.41, 5.74) is 6.92. The first-order valence-electron chi connectivity index (χ1n) is 9.79. The number of aryl methyl sites for hydroxylation is 1. The third-order valence-corrected chi connectivity index (χ3v) is 5.75. The number of ether oxygens (including phenoxy) is 1. The second-order valence-corrected chi connectivity index (χ2v) is 7.50. The van der Waals surface area contributed by atoms with Crippen LogP contribution in [0.3, 0.4) is 0 Å². The monoisotopic (exact) mass is 377 g/mol. The van der Waals surface area contributed by atoms with Crippen molar-refractivity contribution in [3.8, 4) is 0 Å². The van der Waals surface area contributed by atoms with Crippen LogP contribution in [0, 0.1) is 13.8 Å². The number of anilines is 1. The highest BCUT2D eigenvalue weighted by molar-refractivity contribution is 5.92. The molecule has 0 saturated carbocycles. The summed E-state index contributed by atoms with van der Waals surface area (Å²) in [6.07, 6.45) is 3.08. The number of hydrogen-bond acceptors (Lipinski definition) is 2. The smallest absolute Gasteiger partial charge is 0.322 e. The maximum Gasteiger partial charge on any atom is 0.322 e. The van der Waals surface area contributed by atoms with Crippen LogP contribution in [0.2, 0.25) is 0 Å². The van der Waals surface area contributed by atoms with E-state index in [1.165, 1.54) is 27.6 Å². The number of benzene rings is 2. The third-order valence-electron chi connectivity index (χ3n) is 5.75. The summed E-state index contributed by atoms with van der Waals surface area (Å²) in [6.45, 7) is 6.96. The van der Waals surface area contributed by atoms with E-state index in [1.807, 2.05) is 24.0 Å². The van der Waals surface area contributed by atoms with E-state index in [0.29, 0.717) is 19.7 Å². The van der Waals surface area contributed by atoms with Gasteiger partial charge in [0.25, 0.3) is 0 Å². The molecule has 1 aliphatic rings. The molecule has 5 heteroatoms. The highest BCUT2D eigenvalue weighted by atomic mass is 16.5.